The van der Waals surface area contributed by atoms with Gasteiger partial charge in [-0.25, -0.2) is 13.2 Å². The van der Waals surface area contributed by atoms with Crippen molar-refractivity contribution in [2.24, 2.45) is 5.84 Å². The lowest BCUT2D eigenvalue weighted by Gasteiger charge is -2.12. The molecule has 31 heavy (non-hydrogen) atoms. The zero-order valence-electron chi connectivity index (χ0n) is 18.9. The lowest BCUT2D eigenvalue weighted by molar-refractivity contribution is 0.0696. The van der Waals surface area contributed by atoms with Gasteiger partial charge in [0.2, 0.25) is 0 Å². The van der Waals surface area contributed by atoms with Crippen molar-refractivity contribution in [2.75, 3.05) is 6.61 Å². The average molecular weight is 457 g/mol. The molecular weight excluding hydrogens is 416 g/mol. The molecule has 4 N–H and O–H groups in total. The quantitative estimate of drug-likeness (QED) is 0.146. The van der Waals surface area contributed by atoms with Crippen LogP contribution >= 0.6 is 0 Å². The molecule has 1 aromatic rings. The first-order valence-corrected chi connectivity index (χ1v) is 13.1. The summed E-state index contributed by atoms with van der Waals surface area (Å²) in [7, 11) is -4.02. The number of ether oxygens (including phenoxy) is 1. The monoisotopic (exact) mass is 456 g/mol. The molecule has 0 heterocycles. The van der Waals surface area contributed by atoms with Gasteiger partial charge >= 0.3 is 5.97 Å². The van der Waals surface area contributed by atoms with Gasteiger partial charge in [-0.2, -0.15) is 0 Å². The van der Waals surface area contributed by atoms with E-state index < -0.39 is 16.0 Å². The largest absolute Gasteiger partial charge is 0.492 e. The molecule has 0 radical (unpaired) electrons. The van der Waals surface area contributed by atoms with Crippen molar-refractivity contribution in [1.29, 1.82) is 0 Å². The Labute approximate surface area is 187 Å². The SMILES string of the molecule is CCCCCCCCCCCCCCCCOc1ccc(C(=O)O)cc1S(=O)(=O)NN. The molecule has 0 bridgehead atoms. The van der Waals surface area contributed by atoms with Gasteiger partial charge in [-0.3, -0.25) is 5.84 Å². The highest BCUT2D eigenvalue weighted by Crippen LogP contribution is 2.25. The van der Waals surface area contributed by atoms with Crippen LogP contribution in [0.3, 0.4) is 0 Å². The minimum Gasteiger partial charge on any atom is -0.492 e. The molecule has 7 nitrogen and oxygen atoms in total. The van der Waals surface area contributed by atoms with E-state index >= 15 is 0 Å². The molecule has 0 aliphatic rings. The van der Waals surface area contributed by atoms with E-state index in [4.69, 9.17) is 15.7 Å². The van der Waals surface area contributed by atoms with Crippen LogP contribution in [-0.4, -0.2) is 26.1 Å². The van der Waals surface area contributed by atoms with Crippen LogP contribution in [0.25, 0.3) is 0 Å². The lowest BCUT2D eigenvalue weighted by atomic mass is 10.0. The summed E-state index contributed by atoms with van der Waals surface area (Å²) in [6.45, 7) is 2.62. The van der Waals surface area contributed by atoms with E-state index in [2.05, 4.69) is 6.92 Å². The molecule has 0 saturated carbocycles. The van der Waals surface area contributed by atoms with Crippen molar-refractivity contribution in [3.05, 3.63) is 23.8 Å². The molecule has 0 fully saturated rings. The topological polar surface area (TPSA) is 119 Å². The van der Waals surface area contributed by atoms with Crippen LogP contribution in [0.2, 0.25) is 0 Å². The number of nitrogens with one attached hydrogen (secondary N) is 1. The zero-order chi connectivity index (χ0) is 23.0. The summed E-state index contributed by atoms with van der Waals surface area (Å²) in [6.07, 6.45) is 17.6. The average Bonchev–Trinajstić information content (AvgIpc) is 2.76. The molecular formula is C23H40N2O5S. The number of sulfonamides is 1. The number of hydrogen-bond donors (Lipinski definition) is 3. The van der Waals surface area contributed by atoms with Gasteiger partial charge in [0, 0.05) is 0 Å². The van der Waals surface area contributed by atoms with E-state index in [1.165, 1.54) is 82.8 Å². The molecule has 1 aromatic carbocycles. The molecule has 0 atom stereocenters. The Hall–Kier alpha value is -1.64. The molecule has 1 rings (SSSR count). The van der Waals surface area contributed by atoms with Crippen LogP contribution in [0.4, 0.5) is 0 Å². The highest BCUT2D eigenvalue weighted by Gasteiger charge is 2.20. The summed E-state index contributed by atoms with van der Waals surface area (Å²) in [5.41, 5.74) is -0.141. The van der Waals surface area contributed by atoms with Crippen molar-refractivity contribution in [3.63, 3.8) is 0 Å². The van der Waals surface area contributed by atoms with Crippen LogP contribution < -0.4 is 15.4 Å². The maximum absolute atomic E-state index is 12.0. The number of nitrogens with two attached hydrogens (primary N) is 1. The molecule has 8 heteroatoms. The van der Waals surface area contributed by atoms with Gasteiger partial charge < -0.3 is 9.84 Å². The van der Waals surface area contributed by atoms with Crippen molar-refractivity contribution in [1.82, 2.24) is 4.83 Å². The van der Waals surface area contributed by atoms with Crippen molar-refractivity contribution in [3.8, 4) is 5.75 Å². The first-order valence-electron chi connectivity index (χ1n) is 11.6. The number of carbonyl (C=O) groups is 1. The second kappa shape index (κ2) is 16.1. The van der Waals surface area contributed by atoms with E-state index in [-0.39, 0.29) is 16.2 Å². The number of hydrogen-bond acceptors (Lipinski definition) is 5. The first kappa shape index (κ1) is 27.4. The van der Waals surface area contributed by atoms with Crippen molar-refractivity contribution < 1.29 is 23.1 Å². The van der Waals surface area contributed by atoms with Gasteiger partial charge in [-0.15, -0.1) is 4.83 Å². The molecule has 0 saturated heterocycles. The Balaban J connectivity index is 2.17. The smallest absolute Gasteiger partial charge is 0.335 e. The summed E-state index contributed by atoms with van der Waals surface area (Å²) >= 11 is 0. The second-order valence-corrected chi connectivity index (χ2v) is 9.72. The normalized spacial score (nSPS) is 11.5. The van der Waals surface area contributed by atoms with Gasteiger partial charge in [0.05, 0.1) is 12.2 Å². The third-order valence-electron chi connectivity index (χ3n) is 5.39. The Bertz CT molecular complexity index is 737. The van der Waals surface area contributed by atoms with Crippen LogP contribution in [0.1, 0.15) is 107 Å². The predicted octanol–water partition coefficient (Wildman–Crippen LogP) is 5.40. The maximum atomic E-state index is 12.0. The first-order chi connectivity index (χ1) is 14.9. The van der Waals surface area contributed by atoms with E-state index in [0.29, 0.717) is 6.61 Å². The van der Waals surface area contributed by atoms with E-state index in [1.807, 2.05) is 0 Å². The fraction of sp³-hybridized carbons (Fsp3) is 0.696. The minimum absolute atomic E-state index is 0.109. The van der Waals surface area contributed by atoms with E-state index in [9.17, 15) is 13.2 Å². The standard InChI is InChI=1S/C23H40N2O5S/c1-2-3-4-5-6-7-8-9-10-11-12-13-14-15-18-30-21-17-16-20(23(26)27)19-22(21)31(28,29)25-24/h16-17,19,25H,2-15,18,24H2,1H3,(H,26,27). The van der Waals surface area contributed by atoms with E-state index in [0.717, 1.165) is 25.3 Å². The maximum Gasteiger partial charge on any atom is 0.335 e. The Morgan fingerprint density at radius 3 is 1.84 bits per heavy atom. The number of carboxylic acid groups (broad SMARTS) is 1. The van der Waals surface area contributed by atoms with Crippen LogP contribution in [-0.2, 0) is 10.0 Å². The number of aromatic carboxylic acids is 1. The van der Waals surface area contributed by atoms with Crippen LogP contribution in [0.15, 0.2) is 23.1 Å². The summed E-state index contributed by atoms with van der Waals surface area (Å²) in [5, 5.41) is 9.07. The molecule has 0 aliphatic heterocycles. The number of hydrazine groups is 1. The predicted molar refractivity (Wildman–Crippen MR) is 124 cm³/mol. The zero-order valence-corrected chi connectivity index (χ0v) is 19.7. The van der Waals surface area contributed by atoms with Crippen molar-refractivity contribution in [2.45, 2.75) is 102 Å². The number of benzene rings is 1. The fourth-order valence-corrected chi connectivity index (χ4v) is 4.31. The summed E-state index contributed by atoms with van der Waals surface area (Å²) in [5.74, 6) is 3.97. The van der Waals surface area contributed by atoms with E-state index in [1.54, 1.807) is 4.83 Å². The highest BCUT2D eigenvalue weighted by atomic mass is 32.2. The third-order valence-corrected chi connectivity index (χ3v) is 6.60. The number of unbranched alkanes of at least 4 members (excludes halogenated alkanes) is 13. The van der Waals surface area contributed by atoms with Gasteiger partial charge in [0.15, 0.2) is 0 Å². The lowest BCUT2D eigenvalue weighted by Crippen LogP contribution is -2.30. The Morgan fingerprint density at radius 2 is 1.39 bits per heavy atom. The minimum atomic E-state index is -4.02. The Morgan fingerprint density at radius 1 is 0.903 bits per heavy atom. The van der Waals surface area contributed by atoms with Crippen LogP contribution in [0, 0.1) is 0 Å². The molecule has 178 valence electrons. The summed E-state index contributed by atoms with van der Waals surface area (Å²) < 4.78 is 29.7. The third kappa shape index (κ3) is 11.5. The summed E-state index contributed by atoms with van der Waals surface area (Å²) in [6, 6.07) is 3.73. The van der Waals surface area contributed by atoms with Crippen LogP contribution in [0.5, 0.6) is 5.75 Å². The van der Waals surface area contributed by atoms with Gasteiger partial charge in [-0.1, -0.05) is 90.4 Å². The van der Waals surface area contributed by atoms with Gasteiger partial charge in [0.1, 0.15) is 10.6 Å². The molecule has 0 amide bonds. The molecule has 0 spiro atoms. The van der Waals surface area contributed by atoms with Gasteiger partial charge in [0.25, 0.3) is 10.0 Å². The highest BCUT2D eigenvalue weighted by molar-refractivity contribution is 7.89. The fourth-order valence-electron chi connectivity index (χ4n) is 3.51. The second-order valence-electron chi connectivity index (χ2n) is 8.03. The number of carboxylic acids is 1. The van der Waals surface area contributed by atoms with Gasteiger partial charge in [-0.05, 0) is 24.6 Å². The summed E-state index contributed by atoms with van der Waals surface area (Å²) in [4.78, 5) is 12.6. The molecule has 0 aromatic heterocycles. The van der Waals surface area contributed by atoms with Crippen molar-refractivity contribution >= 4 is 16.0 Å². The molecule has 0 unspecified atom stereocenters. The number of rotatable bonds is 19. The Kier molecular flexibility index (Phi) is 14.2. The molecule has 0 aliphatic carbocycles.